The maximum atomic E-state index is 5.37. The Morgan fingerprint density at radius 2 is 1.08 bits per heavy atom. The van der Waals surface area contributed by atoms with Crippen molar-refractivity contribution in [3.05, 3.63) is 60.9 Å². The van der Waals surface area contributed by atoms with Gasteiger partial charge in [0, 0.05) is 23.2 Å². The van der Waals surface area contributed by atoms with Crippen molar-refractivity contribution < 1.29 is 9.47 Å². The Bertz CT molecular complexity index is 959. The smallest absolute Gasteiger partial charge is 0.119 e. The van der Waals surface area contributed by atoms with Gasteiger partial charge in [-0.1, -0.05) is 12.1 Å². The SMILES string of the molecule is COc1ccc2ccnc(-c3nccc4ccc(OC)cc34)c2c1. The average molecular weight is 316 g/mol. The number of benzene rings is 2. The zero-order valence-corrected chi connectivity index (χ0v) is 13.5. The van der Waals surface area contributed by atoms with E-state index in [0.29, 0.717) is 0 Å². The Morgan fingerprint density at radius 3 is 1.50 bits per heavy atom. The predicted octanol–water partition coefficient (Wildman–Crippen LogP) is 4.47. The molecule has 0 radical (unpaired) electrons. The number of pyridine rings is 2. The van der Waals surface area contributed by atoms with Gasteiger partial charge in [-0.05, 0) is 47.2 Å². The number of nitrogens with zero attached hydrogens (tertiary/aromatic N) is 2. The normalized spacial score (nSPS) is 10.9. The molecule has 118 valence electrons. The van der Waals surface area contributed by atoms with E-state index in [4.69, 9.17) is 9.47 Å². The molecule has 2 heterocycles. The quantitative estimate of drug-likeness (QED) is 0.559. The molecule has 4 rings (SSSR count). The van der Waals surface area contributed by atoms with Crippen LogP contribution in [-0.2, 0) is 0 Å². The van der Waals surface area contributed by atoms with Crippen molar-refractivity contribution in [2.75, 3.05) is 14.2 Å². The maximum absolute atomic E-state index is 5.37. The van der Waals surface area contributed by atoms with Crippen LogP contribution in [0.5, 0.6) is 11.5 Å². The fourth-order valence-corrected chi connectivity index (χ4v) is 2.93. The summed E-state index contributed by atoms with van der Waals surface area (Å²) < 4.78 is 10.7. The van der Waals surface area contributed by atoms with Crippen LogP contribution in [0, 0.1) is 0 Å². The van der Waals surface area contributed by atoms with Gasteiger partial charge in [0.2, 0.25) is 0 Å². The highest BCUT2D eigenvalue weighted by molar-refractivity contribution is 6.02. The summed E-state index contributed by atoms with van der Waals surface area (Å²) >= 11 is 0. The standard InChI is InChI=1S/C20H16N2O2/c1-23-15-5-3-13-7-9-21-19(17(13)11-15)20-18-12-16(24-2)6-4-14(18)8-10-22-20/h3-12H,1-2H3. The van der Waals surface area contributed by atoms with Crippen LogP contribution in [0.15, 0.2) is 60.9 Å². The second-order valence-electron chi connectivity index (χ2n) is 5.49. The van der Waals surface area contributed by atoms with Crippen LogP contribution in [0.3, 0.4) is 0 Å². The minimum absolute atomic E-state index is 0.801. The van der Waals surface area contributed by atoms with Gasteiger partial charge in [-0.3, -0.25) is 9.97 Å². The lowest BCUT2D eigenvalue weighted by Crippen LogP contribution is -1.92. The fourth-order valence-electron chi connectivity index (χ4n) is 2.93. The molecule has 0 N–H and O–H groups in total. The third kappa shape index (κ3) is 2.33. The number of hydrogen-bond acceptors (Lipinski definition) is 4. The second-order valence-corrected chi connectivity index (χ2v) is 5.49. The van der Waals surface area contributed by atoms with Crippen molar-refractivity contribution >= 4 is 21.5 Å². The van der Waals surface area contributed by atoms with Gasteiger partial charge < -0.3 is 9.47 Å². The van der Waals surface area contributed by atoms with Crippen LogP contribution < -0.4 is 9.47 Å². The molecule has 4 nitrogen and oxygen atoms in total. The predicted molar refractivity (Wildman–Crippen MR) is 95.6 cm³/mol. The Morgan fingerprint density at radius 1 is 0.625 bits per heavy atom. The van der Waals surface area contributed by atoms with Gasteiger partial charge in [-0.2, -0.15) is 0 Å². The van der Waals surface area contributed by atoms with Crippen LogP contribution in [0.1, 0.15) is 0 Å². The van der Waals surface area contributed by atoms with E-state index in [9.17, 15) is 0 Å². The summed E-state index contributed by atoms with van der Waals surface area (Å²) in [5.74, 6) is 1.60. The molecule has 0 amide bonds. The number of ether oxygens (including phenoxy) is 2. The minimum atomic E-state index is 0.801. The third-order valence-corrected chi connectivity index (χ3v) is 4.17. The van der Waals surface area contributed by atoms with Crippen LogP contribution in [0.2, 0.25) is 0 Å². The van der Waals surface area contributed by atoms with Gasteiger partial charge in [0.05, 0.1) is 25.6 Å². The van der Waals surface area contributed by atoms with E-state index in [1.807, 2.05) is 60.9 Å². The summed E-state index contributed by atoms with van der Waals surface area (Å²) in [7, 11) is 3.33. The first-order chi connectivity index (χ1) is 11.8. The first kappa shape index (κ1) is 14.5. The molecule has 0 aliphatic heterocycles. The van der Waals surface area contributed by atoms with E-state index in [0.717, 1.165) is 44.4 Å². The summed E-state index contributed by atoms with van der Waals surface area (Å²) in [4.78, 5) is 9.20. The molecule has 2 aromatic heterocycles. The molecule has 0 saturated carbocycles. The topological polar surface area (TPSA) is 44.2 Å². The summed E-state index contributed by atoms with van der Waals surface area (Å²) in [5, 5.41) is 4.23. The van der Waals surface area contributed by atoms with Crippen molar-refractivity contribution in [1.82, 2.24) is 9.97 Å². The van der Waals surface area contributed by atoms with Gasteiger partial charge in [0.1, 0.15) is 11.5 Å². The Kier molecular flexibility index (Phi) is 3.50. The number of rotatable bonds is 3. The second kappa shape index (κ2) is 5.81. The fraction of sp³-hybridized carbons (Fsp3) is 0.100. The molecule has 0 bridgehead atoms. The van der Waals surface area contributed by atoms with Crippen LogP contribution >= 0.6 is 0 Å². The lowest BCUT2D eigenvalue weighted by Gasteiger charge is -2.10. The average Bonchev–Trinajstić information content (AvgIpc) is 2.66. The van der Waals surface area contributed by atoms with Crippen molar-refractivity contribution in [3.8, 4) is 22.9 Å². The molecule has 0 spiro atoms. The molecule has 0 atom stereocenters. The molecule has 0 aliphatic carbocycles. The van der Waals surface area contributed by atoms with E-state index < -0.39 is 0 Å². The van der Waals surface area contributed by atoms with E-state index in [2.05, 4.69) is 9.97 Å². The minimum Gasteiger partial charge on any atom is -0.497 e. The van der Waals surface area contributed by atoms with E-state index in [-0.39, 0.29) is 0 Å². The van der Waals surface area contributed by atoms with Crippen molar-refractivity contribution in [2.45, 2.75) is 0 Å². The van der Waals surface area contributed by atoms with Crippen molar-refractivity contribution in [1.29, 1.82) is 0 Å². The summed E-state index contributed by atoms with van der Waals surface area (Å²) in [6.07, 6.45) is 3.62. The highest BCUT2D eigenvalue weighted by Crippen LogP contribution is 2.33. The van der Waals surface area contributed by atoms with Crippen LogP contribution in [0.4, 0.5) is 0 Å². The molecule has 0 saturated heterocycles. The van der Waals surface area contributed by atoms with E-state index in [1.54, 1.807) is 14.2 Å². The van der Waals surface area contributed by atoms with Gasteiger partial charge in [0.25, 0.3) is 0 Å². The Balaban J connectivity index is 2.05. The molecule has 0 aliphatic rings. The van der Waals surface area contributed by atoms with Crippen LogP contribution in [-0.4, -0.2) is 24.2 Å². The lowest BCUT2D eigenvalue weighted by atomic mass is 10.0. The monoisotopic (exact) mass is 316 g/mol. The largest absolute Gasteiger partial charge is 0.497 e. The van der Waals surface area contributed by atoms with Gasteiger partial charge in [-0.25, -0.2) is 0 Å². The number of methoxy groups -OCH3 is 2. The van der Waals surface area contributed by atoms with Crippen LogP contribution in [0.25, 0.3) is 32.9 Å². The molecule has 24 heavy (non-hydrogen) atoms. The van der Waals surface area contributed by atoms with Gasteiger partial charge >= 0.3 is 0 Å². The Hall–Kier alpha value is -3.14. The summed E-state index contributed by atoms with van der Waals surface area (Å²) in [5.41, 5.74) is 1.68. The van der Waals surface area contributed by atoms with Crippen molar-refractivity contribution in [2.24, 2.45) is 0 Å². The lowest BCUT2D eigenvalue weighted by molar-refractivity contribution is 0.415. The van der Waals surface area contributed by atoms with E-state index in [1.165, 1.54) is 0 Å². The molecule has 0 unspecified atom stereocenters. The first-order valence-electron chi connectivity index (χ1n) is 7.66. The molecular weight excluding hydrogens is 300 g/mol. The molecule has 4 heteroatoms. The number of hydrogen-bond donors (Lipinski definition) is 0. The first-order valence-corrected chi connectivity index (χ1v) is 7.66. The summed E-state index contributed by atoms with van der Waals surface area (Å²) in [6, 6.07) is 15.9. The highest BCUT2D eigenvalue weighted by atomic mass is 16.5. The zero-order valence-electron chi connectivity index (χ0n) is 13.5. The number of aromatic nitrogens is 2. The summed E-state index contributed by atoms with van der Waals surface area (Å²) in [6.45, 7) is 0. The van der Waals surface area contributed by atoms with Gasteiger partial charge in [-0.15, -0.1) is 0 Å². The van der Waals surface area contributed by atoms with Crippen molar-refractivity contribution in [3.63, 3.8) is 0 Å². The maximum Gasteiger partial charge on any atom is 0.119 e. The Labute approximate surface area is 139 Å². The number of fused-ring (bicyclic) bond motifs is 2. The van der Waals surface area contributed by atoms with E-state index >= 15 is 0 Å². The third-order valence-electron chi connectivity index (χ3n) is 4.17. The molecular formula is C20H16N2O2. The molecule has 2 aromatic carbocycles. The molecule has 0 fully saturated rings. The zero-order chi connectivity index (χ0) is 16.5. The molecule has 4 aromatic rings. The van der Waals surface area contributed by atoms with Gasteiger partial charge in [0.15, 0.2) is 0 Å². The highest BCUT2D eigenvalue weighted by Gasteiger charge is 2.12.